The Morgan fingerprint density at radius 3 is 2.33 bits per heavy atom. The molecule has 0 bridgehead atoms. The molecule has 100 valence electrons. The second kappa shape index (κ2) is 4.79. The molecule has 0 atom stereocenters. The first kappa shape index (κ1) is 14.8. The van der Waals surface area contributed by atoms with E-state index in [9.17, 15) is 18.0 Å². The summed E-state index contributed by atoms with van der Waals surface area (Å²) >= 11 is 2.95. The SMILES string of the molecule is CC(C)(Oc1ccc(Br)cc1C(F)(F)F)C(N)=O. The predicted molar refractivity (Wildman–Crippen MR) is 63.0 cm³/mol. The van der Waals surface area contributed by atoms with Gasteiger partial charge < -0.3 is 10.5 Å². The second-order valence-electron chi connectivity index (χ2n) is 4.11. The molecule has 18 heavy (non-hydrogen) atoms. The fourth-order valence-corrected chi connectivity index (χ4v) is 1.50. The highest BCUT2D eigenvalue weighted by atomic mass is 79.9. The Balaban J connectivity index is 3.22. The van der Waals surface area contributed by atoms with Gasteiger partial charge >= 0.3 is 6.18 Å². The van der Waals surface area contributed by atoms with Gasteiger partial charge in [0.25, 0.3) is 5.91 Å². The van der Waals surface area contributed by atoms with Crippen LogP contribution in [0, 0.1) is 0 Å². The van der Waals surface area contributed by atoms with E-state index in [0.29, 0.717) is 0 Å². The highest BCUT2D eigenvalue weighted by molar-refractivity contribution is 9.10. The highest BCUT2D eigenvalue weighted by Crippen LogP contribution is 2.39. The largest absolute Gasteiger partial charge is 0.477 e. The summed E-state index contributed by atoms with van der Waals surface area (Å²) in [4.78, 5) is 11.1. The van der Waals surface area contributed by atoms with Crippen LogP contribution in [0.3, 0.4) is 0 Å². The molecule has 0 aliphatic heterocycles. The molecule has 0 spiro atoms. The standard InChI is InChI=1S/C11H11BrF3NO2/c1-10(2,9(16)17)18-8-4-3-6(12)5-7(8)11(13,14)15/h3-5H,1-2H3,(H2,16,17). The molecule has 0 fully saturated rings. The minimum Gasteiger partial charge on any atom is -0.477 e. The summed E-state index contributed by atoms with van der Waals surface area (Å²) < 4.78 is 43.7. The number of carbonyl (C=O) groups excluding carboxylic acids is 1. The van der Waals surface area contributed by atoms with E-state index in [1.807, 2.05) is 0 Å². The number of benzene rings is 1. The van der Waals surface area contributed by atoms with E-state index in [1.54, 1.807) is 0 Å². The van der Waals surface area contributed by atoms with Crippen LogP contribution in [0.5, 0.6) is 5.75 Å². The van der Waals surface area contributed by atoms with Gasteiger partial charge in [-0.25, -0.2) is 0 Å². The molecule has 7 heteroatoms. The Hall–Kier alpha value is -1.24. The number of nitrogens with two attached hydrogens (primary N) is 1. The van der Waals surface area contributed by atoms with Gasteiger partial charge in [-0.05, 0) is 32.0 Å². The summed E-state index contributed by atoms with van der Waals surface area (Å²) in [5.74, 6) is -1.28. The van der Waals surface area contributed by atoms with Gasteiger partial charge in [0.2, 0.25) is 0 Å². The van der Waals surface area contributed by atoms with Gasteiger partial charge in [0, 0.05) is 4.47 Å². The summed E-state index contributed by atoms with van der Waals surface area (Å²) in [7, 11) is 0. The first-order valence-electron chi connectivity index (χ1n) is 4.90. The first-order valence-corrected chi connectivity index (χ1v) is 5.69. The fourth-order valence-electron chi connectivity index (χ4n) is 1.14. The van der Waals surface area contributed by atoms with Crippen molar-refractivity contribution in [2.75, 3.05) is 0 Å². The smallest absolute Gasteiger partial charge is 0.420 e. The Morgan fingerprint density at radius 1 is 1.33 bits per heavy atom. The number of primary amides is 1. The van der Waals surface area contributed by atoms with Crippen LogP contribution in [0.15, 0.2) is 22.7 Å². The molecule has 1 rings (SSSR count). The van der Waals surface area contributed by atoms with Crippen molar-refractivity contribution in [1.29, 1.82) is 0 Å². The Kier molecular flexibility index (Phi) is 3.95. The zero-order chi connectivity index (χ0) is 14.1. The molecule has 0 saturated heterocycles. The number of hydrogen-bond acceptors (Lipinski definition) is 2. The van der Waals surface area contributed by atoms with Crippen molar-refractivity contribution in [3.63, 3.8) is 0 Å². The predicted octanol–water partition coefficient (Wildman–Crippen LogP) is 3.11. The monoisotopic (exact) mass is 325 g/mol. The van der Waals surface area contributed by atoms with Gasteiger partial charge in [0.15, 0.2) is 5.60 Å². The third-order valence-corrected chi connectivity index (χ3v) is 2.70. The van der Waals surface area contributed by atoms with Crippen LogP contribution in [-0.4, -0.2) is 11.5 Å². The minimum atomic E-state index is -4.58. The molecule has 0 unspecified atom stereocenters. The van der Waals surface area contributed by atoms with E-state index >= 15 is 0 Å². The summed E-state index contributed by atoms with van der Waals surface area (Å²) in [5.41, 5.74) is 2.57. The molecule has 1 aromatic rings. The van der Waals surface area contributed by atoms with Crippen molar-refractivity contribution in [2.24, 2.45) is 5.73 Å². The molecule has 0 heterocycles. The fraction of sp³-hybridized carbons (Fsp3) is 0.364. The van der Waals surface area contributed by atoms with Crippen LogP contribution >= 0.6 is 15.9 Å². The molecule has 0 saturated carbocycles. The Morgan fingerprint density at radius 2 is 1.89 bits per heavy atom. The van der Waals surface area contributed by atoms with E-state index in [-0.39, 0.29) is 4.47 Å². The van der Waals surface area contributed by atoms with E-state index in [4.69, 9.17) is 10.5 Å². The zero-order valence-corrected chi connectivity index (χ0v) is 11.2. The molecule has 2 N–H and O–H groups in total. The lowest BCUT2D eigenvalue weighted by molar-refractivity contribution is -0.142. The van der Waals surface area contributed by atoms with Crippen LogP contribution < -0.4 is 10.5 Å². The number of alkyl halides is 3. The lowest BCUT2D eigenvalue weighted by atomic mass is 10.1. The molecule has 0 radical (unpaired) electrons. The third-order valence-electron chi connectivity index (χ3n) is 2.21. The van der Waals surface area contributed by atoms with Gasteiger partial charge in [0.1, 0.15) is 5.75 Å². The molecule has 0 aliphatic rings. The van der Waals surface area contributed by atoms with Gasteiger partial charge in [-0.15, -0.1) is 0 Å². The number of halogens is 4. The molecular formula is C11H11BrF3NO2. The summed E-state index contributed by atoms with van der Waals surface area (Å²) in [6, 6.07) is 3.41. The lowest BCUT2D eigenvalue weighted by Crippen LogP contribution is -2.43. The van der Waals surface area contributed by atoms with Crippen LogP contribution in [0.4, 0.5) is 13.2 Å². The maximum absolute atomic E-state index is 12.8. The lowest BCUT2D eigenvalue weighted by Gasteiger charge is -2.25. The summed E-state index contributed by atoms with van der Waals surface area (Å²) in [5, 5.41) is 0. The Labute approximate surface area is 110 Å². The molecule has 0 aliphatic carbocycles. The number of amides is 1. The van der Waals surface area contributed by atoms with E-state index in [2.05, 4.69) is 15.9 Å². The van der Waals surface area contributed by atoms with Gasteiger partial charge in [0.05, 0.1) is 5.56 Å². The maximum Gasteiger partial charge on any atom is 0.420 e. The van der Waals surface area contributed by atoms with Crippen LogP contribution in [-0.2, 0) is 11.0 Å². The quantitative estimate of drug-likeness (QED) is 0.928. The van der Waals surface area contributed by atoms with Crippen LogP contribution in [0.2, 0.25) is 0 Å². The number of carbonyl (C=O) groups is 1. The topological polar surface area (TPSA) is 52.3 Å². The third kappa shape index (κ3) is 3.38. The Bertz CT molecular complexity index is 472. The number of rotatable bonds is 3. The van der Waals surface area contributed by atoms with Crippen molar-refractivity contribution in [3.05, 3.63) is 28.2 Å². The summed E-state index contributed by atoms with van der Waals surface area (Å²) in [6.07, 6.45) is -4.58. The van der Waals surface area contributed by atoms with Crippen molar-refractivity contribution >= 4 is 21.8 Å². The van der Waals surface area contributed by atoms with E-state index in [0.717, 1.165) is 12.1 Å². The number of hydrogen-bond donors (Lipinski definition) is 1. The average Bonchev–Trinajstić information content (AvgIpc) is 2.18. The normalized spacial score (nSPS) is 12.3. The van der Waals surface area contributed by atoms with Crippen LogP contribution in [0.25, 0.3) is 0 Å². The van der Waals surface area contributed by atoms with Crippen molar-refractivity contribution in [3.8, 4) is 5.75 Å². The summed E-state index contributed by atoms with van der Waals surface area (Å²) in [6.45, 7) is 2.61. The van der Waals surface area contributed by atoms with Crippen molar-refractivity contribution in [2.45, 2.75) is 25.6 Å². The minimum absolute atomic E-state index is 0.263. The van der Waals surface area contributed by atoms with Gasteiger partial charge in [-0.1, -0.05) is 15.9 Å². The average molecular weight is 326 g/mol. The van der Waals surface area contributed by atoms with Crippen molar-refractivity contribution < 1.29 is 22.7 Å². The van der Waals surface area contributed by atoms with Crippen LogP contribution in [0.1, 0.15) is 19.4 Å². The maximum atomic E-state index is 12.8. The van der Waals surface area contributed by atoms with Gasteiger partial charge in [-0.2, -0.15) is 13.2 Å². The van der Waals surface area contributed by atoms with Gasteiger partial charge in [-0.3, -0.25) is 4.79 Å². The molecule has 3 nitrogen and oxygen atoms in total. The zero-order valence-electron chi connectivity index (χ0n) is 9.64. The highest BCUT2D eigenvalue weighted by Gasteiger charge is 2.37. The molecule has 1 amide bonds. The molecular weight excluding hydrogens is 315 g/mol. The first-order chi connectivity index (χ1) is 8.04. The number of ether oxygens (including phenoxy) is 1. The second-order valence-corrected chi connectivity index (χ2v) is 5.03. The molecule has 1 aromatic carbocycles. The van der Waals surface area contributed by atoms with E-state index < -0.39 is 29.0 Å². The molecule has 0 aromatic heterocycles. The van der Waals surface area contributed by atoms with Crippen molar-refractivity contribution in [1.82, 2.24) is 0 Å². The van der Waals surface area contributed by atoms with E-state index in [1.165, 1.54) is 19.9 Å².